The maximum absolute atomic E-state index is 12.4. The number of ketones is 2. The average Bonchev–Trinajstić information content (AvgIpc) is 2.73. The Labute approximate surface area is 192 Å². The molecule has 2 atom stereocenters. The Bertz CT molecular complexity index is 719. The summed E-state index contributed by atoms with van der Waals surface area (Å²) in [6.45, 7) is 7.87. The van der Waals surface area contributed by atoms with Crippen LogP contribution in [0.5, 0.6) is 0 Å². The first-order valence-electron chi connectivity index (χ1n) is 10.2. The molecule has 4 nitrogen and oxygen atoms in total. The van der Waals surface area contributed by atoms with E-state index in [2.05, 4.69) is 23.6 Å². The number of carbonyl (C=O) groups excluding carboxylic acids is 2. The van der Waals surface area contributed by atoms with Gasteiger partial charge in [0.1, 0.15) is 0 Å². The van der Waals surface area contributed by atoms with E-state index in [1.807, 2.05) is 60.7 Å². The maximum atomic E-state index is 12.4. The van der Waals surface area contributed by atoms with Crippen LogP contribution in [0.1, 0.15) is 47.4 Å². The molecule has 0 amide bonds. The number of benzene rings is 2. The summed E-state index contributed by atoms with van der Waals surface area (Å²) in [4.78, 5) is 29.6. The smallest absolute Gasteiger partial charge is 0.164 e. The van der Waals surface area contributed by atoms with Gasteiger partial charge in [0, 0.05) is 62.2 Å². The van der Waals surface area contributed by atoms with Gasteiger partial charge >= 0.3 is 0 Å². The molecule has 0 aromatic heterocycles. The van der Waals surface area contributed by atoms with Gasteiger partial charge < -0.3 is 0 Å². The molecular formula is C24H32Cl2N2O2. The molecule has 2 unspecified atom stereocenters. The molecular weight excluding hydrogens is 419 g/mol. The minimum Gasteiger partial charge on any atom is -0.297 e. The first kappa shape index (κ1) is 26.3. The number of nitrogens with zero attached hydrogens (tertiary/aromatic N) is 2. The van der Waals surface area contributed by atoms with Gasteiger partial charge in [-0.15, -0.1) is 24.8 Å². The van der Waals surface area contributed by atoms with Crippen LogP contribution in [0.2, 0.25) is 0 Å². The van der Waals surface area contributed by atoms with E-state index in [-0.39, 0.29) is 36.4 Å². The van der Waals surface area contributed by atoms with Crippen molar-refractivity contribution in [3.8, 4) is 0 Å². The largest absolute Gasteiger partial charge is 0.297 e. The highest BCUT2D eigenvalue weighted by atomic mass is 35.5. The van der Waals surface area contributed by atoms with E-state index in [1.165, 1.54) is 0 Å². The van der Waals surface area contributed by atoms with Gasteiger partial charge in [-0.2, -0.15) is 0 Å². The highest BCUT2D eigenvalue weighted by molar-refractivity contribution is 5.96. The summed E-state index contributed by atoms with van der Waals surface area (Å²) in [6.07, 6.45) is 1.10. The van der Waals surface area contributed by atoms with Crippen LogP contribution in [-0.4, -0.2) is 59.6 Å². The topological polar surface area (TPSA) is 40.6 Å². The summed E-state index contributed by atoms with van der Waals surface area (Å²) in [5.74, 6) is 0.410. The van der Waals surface area contributed by atoms with Crippen molar-refractivity contribution in [1.82, 2.24) is 9.80 Å². The molecule has 0 saturated carbocycles. The Morgan fingerprint density at radius 1 is 0.700 bits per heavy atom. The number of hydrogen-bond donors (Lipinski definition) is 0. The Balaban J connectivity index is 0.00000225. The van der Waals surface area contributed by atoms with Gasteiger partial charge in [-0.3, -0.25) is 19.4 Å². The van der Waals surface area contributed by atoms with E-state index >= 15 is 0 Å². The minimum atomic E-state index is 0. The van der Waals surface area contributed by atoms with Crippen molar-refractivity contribution < 1.29 is 9.59 Å². The fraction of sp³-hybridized carbons (Fsp3) is 0.417. The predicted octanol–water partition coefficient (Wildman–Crippen LogP) is 4.77. The van der Waals surface area contributed by atoms with Crippen LogP contribution in [0.25, 0.3) is 0 Å². The molecule has 1 saturated heterocycles. The molecule has 2 aromatic carbocycles. The first-order valence-corrected chi connectivity index (χ1v) is 10.2. The number of Topliss-reactive ketones (excluding diaryl/α,β-unsaturated/α-hetero) is 2. The van der Waals surface area contributed by atoms with Crippen molar-refractivity contribution >= 4 is 36.4 Å². The van der Waals surface area contributed by atoms with E-state index in [4.69, 9.17) is 0 Å². The van der Waals surface area contributed by atoms with Crippen LogP contribution >= 0.6 is 24.8 Å². The Kier molecular flexibility index (Phi) is 11.3. The highest BCUT2D eigenvalue weighted by Gasteiger charge is 2.29. The first-order chi connectivity index (χ1) is 13.5. The van der Waals surface area contributed by atoms with Crippen LogP contribution in [0.4, 0.5) is 0 Å². The fourth-order valence-electron chi connectivity index (χ4n) is 3.92. The predicted molar refractivity (Wildman–Crippen MR) is 127 cm³/mol. The molecule has 1 aliphatic rings. The van der Waals surface area contributed by atoms with Gasteiger partial charge in [0.2, 0.25) is 0 Å². The summed E-state index contributed by atoms with van der Waals surface area (Å²) in [5, 5.41) is 0. The lowest BCUT2D eigenvalue weighted by atomic mass is 10.0. The van der Waals surface area contributed by atoms with E-state index < -0.39 is 0 Å². The van der Waals surface area contributed by atoms with Crippen molar-refractivity contribution in [3.63, 3.8) is 0 Å². The van der Waals surface area contributed by atoms with Crippen molar-refractivity contribution in [1.29, 1.82) is 0 Å². The zero-order valence-electron chi connectivity index (χ0n) is 17.7. The quantitative estimate of drug-likeness (QED) is 0.542. The van der Waals surface area contributed by atoms with E-state index in [9.17, 15) is 9.59 Å². The van der Waals surface area contributed by atoms with Crippen LogP contribution in [0, 0.1) is 0 Å². The zero-order valence-corrected chi connectivity index (χ0v) is 19.3. The molecule has 1 heterocycles. The van der Waals surface area contributed by atoms with Gasteiger partial charge in [-0.05, 0) is 13.8 Å². The molecule has 3 rings (SSSR count). The normalized spacial score (nSPS) is 19.4. The molecule has 2 aromatic rings. The summed E-state index contributed by atoms with van der Waals surface area (Å²) < 4.78 is 0. The van der Waals surface area contributed by atoms with E-state index in [1.54, 1.807) is 0 Å². The summed E-state index contributed by atoms with van der Waals surface area (Å²) in [5.41, 5.74) is 1.59. The molecule has 164 valence electrons. The second-order valence-electron chi connectivity index (χ2n) is 7.77. The molecule has 0 bridgehead atoms. The number of hydrogen-bond acceptors (Lipinski definition) is 4. The van der Waals surface area contributed by atoms with Gasteiger partial charge in [0.25, 0.3) is 0 Å². The lowest BCUT2D eigenvalue weighted by Gasteiger charge is -2.44. The number of piperazine rings is 1. The molecule has 0 radical (unpaired) electrons. The summed E-state index contributed by atoms with van der Waals surface area (Å²) >= 11 is 0. The van der Waals surface area contributed by atoms with Crippen molar-refractivity contribution in [3.05, 3.63) is 71.8 Å². The molecule has 0 spiro atoms. The third-order valence-electron chi connectivity index (χ3n) is 5.69. The Hall–Kier alpha value is -1.72. The Morgan fingerprint density at radius 2 is 1.03 bits per heavy atom. The van der Waals surface area contributed by atoms with Crippen LogP contribution in [0.3, 0.4) is 0 Å². The summed E-state index contributed by atoms with van der Waals surface area (Å²) in [7, 11) is 0. The SMILES string of the molecule is CC1CN(CCC(=O)c2ccccc2)C(C)CN1CCC(=O)c1ccccc1.Cl.Cl. The minimum absolute atomic E-state index is 0. The average molecular weight is 451 g/mol. The molecule has 30 heavy (non-hydrogen) atoms. The van der Waals surface area contributed by atoms with Gasteiger partial charge in [0.05, 0.1) is 0 Å². The second-order valence-corrected chi connectivity index (χ2v) is 7.77. The molecule has 0 aliphatic carbocycles. The fourth-order valence-corrected chi connectivity index (χ4v) is 3.92. The lowest BCUT2D eigenvalue weighted by molar-refractivity contribution is 0.0401. The summed E-state index contributed by atoms with van der Waals surface area (Å²) in [6, 6.07) is 19.8. The number of rotatable bonds is 8. The molecule has 6 heteroatoms. The van der Waals surface area contributed by atoms with Gasteiger partial charge in [-0.1, -0.05) is 60.7 Å². The van der Waals surface area contributed by atoms with Crippen LogP contribution in [-0.2, 0) is 0 Å². The third-order valence-corrected chi connectivity index (χ3v) is 5.69. The zero-order chi connectivity index (χ0) is 19.9. The molecule has 0 N–H and O–H groups in total. The van der Waals surface area contributed by atoms with Crippen molar-refractivity contribution in [2.24, 2.45) is 0 Å². The lowest BCUT2D eigenvalue weighted by Crippen LogP contribution is -2.56. The monoisotopic (exact) mass is 450 g/mol. The van der Waals surface area contributed by atoms with E-state index in [0.29, 0.717) is 24.9 Å². The van der Waals surface area contributed by atoms with Gasteiger partial charge in [0.15, 0.2) is 11.6 Å². The van der Waals surface area contributed by atoms with Gasteiger partial charge in [-0.25, -0.2) is 0 Å². The standard InChI is InChI=1S/C24H30N2O2.2ClH/c1-19-17-26(16-14-24(28)22-11-7-4-8-12-22)20(2)18-25(19)15-13-23(27)21-9-5-3-6-10-21;;/h3-12,19-20H,13-18H2,1-2H3;2*1H. The van der Waals surface area contributed by atoms with Crippen LogP contribution < -0.4 is 0 Å². The van der Waals surface area contributed by atoms with Crippen LogP contribution in [0.15, 0.2) is 60.7 Å². The maximum Gasteiger partial charge on any atom is 0.164 e. The van der Waals surface area contributed by atoms with E-state index in [0.717, 1.165) is 37.3 Å². The molecule has 1 aliphatic heterocycles. The van der Waals surface area contributed by atoms with Crippen molar-refractivity contribution in [2.75, 3.05) is 26.2 Å². The molecule has 1 fully saturated rings. The van der Waals surface area contributed by atoms with Crippen molar-refractivity contribution in [2.45, 2.75) is 38.8 Å². The Morgan fingerprint density at radius 3 is 1.37 bits per heavy atom. The number of halogens is 2. The highest BCUT2D eigenvalue weighted by Crippen LogP contribution is 2.17. The third kappa shape index (κ3) is 7.21. The second kappa shape index (κ2) is 12.9. The number of carbonyl (C=O) groups is 2.